The van der Waals surface area contributed by atoms with Crippen molar-refractivity contribution in [2.24, 2.45) is 0 Å². The number of benzene rings is 1. The van der Waals surface area contributed by atoms with Gasteiger partial charge in [0.05, 0.1) is 16.8 Å². The predicted molar refractivity (Wildman–Crippen MR) is 73.5 cm³/mol. The van der Waals surface area contributed by atoms with Crippen LogP contribution < -0.4 is 5.32 Å². The SMILES string of the molecule is O=C(Nc1nc2c(s1)CCC2)c1ccccc1C(F)(F)F. The van der Waals surface area contributed by atoms with Gasteiger partial charge in [-0.05, 0) is 31.4 Å². The summed E-state index contributed by atoms with van der Waals surface area (Å²) in [6.45, 7) is 0. The van der Waals surface area contributed by atoms with Crippen molar-refractivity contribution in [3.63, 3.8) is 0 Å². The van der Waals surface area contributed by atoms with Crippen LogP contribution in [-0.4, -0.2) is 10.9 Å². The van der Waals surface area contributed by atoms with Crippen LogP contribution in [0.1, 0.15) is 32.9 Å². The number of carbonyl (C=O) groups is 1. The molecule has 0 saturated heterocycles. The van der Waals surface area contributed by atoms with Crippen LogP contribution in [0.4, 0.5) is 18.3 Å². The highest BCUT2D eigenvalue weighted by atomic mass is 32.1. The smallest absolute Gasteiger partial charge is 0.298 e. The lowest BCUT2D eigenvalue weighted by Gasteiger charge is -2.11. The zero-order valence-electron chi connectivity index (χ0n) is 10.8. The molecule has 1 aromatic heterocycles. The summed E-state index contributed by atoms with van der Waals surface area (Å²) in [5.41, 5.74) is -0.383. The molecule has 0 saturated carbocycles. The van der Waals surface area contributed by atoms with Crippen molar-refractivity contribution in [2.45, 2.75) is 25.4 Å². The second-order valence-corrected chi connectivity index (χ2v) is 5.82. The number of carbonyl (C=O) groups excluding carboxylic acids is 1. The summed E-state index contributed by atoms with van der Waals surface area (Å²) in [6, 6.07) is 4.74. The molecule has 1 aromatic carbocycles. The van der Waals surface area contributed by atoms with Crippen molar-refractivity contribution in [3.8, 4) is 0 Å². The van der Waals surface area contributed by atoms with E-state index >= 15 is 0 Å². The van der Waals surface area contributed by atoms with E-state index < -0.39 is 17.6 Å². The highest BCUT2D eigenvalue weighted by Crippen LogP contribution is 2.33. The van der Waals surface area contributed by atoms with E-state index in [0.29, 0.717) is 5.13 Å². The van der Waals surface area contributed by atoms with Gasteiger partial charge < -0.3 is 0 Å². The molecule has 3 rings (SSSR count). The molecule has 3 nitrogen and oxygen atoms in total. The molecular formula is C14H11F3N2OS. The third-order valence-corrected chi connectivity index (χ3v) is 4.37. The van der Waals surface area contributed by atoms with Crippen LogP contribution in [0.15, 0.2) is 24.3 Å². The maximum absolute atomic E-state index is 12.9. The minimum absolute atomic E-state index is 0.363. The predicted octanol–water partition coefficient (Wildman–Crippen LogP) is 3.90. The van der Waals surface area contributed by atoms with Crippen LogP contribution in [0.2, 0.25) is 0 Å². The van der Waals surface area contributed by atoms with Gasteiger partial charge in [0.2, 0.25) is 0 Å². The Kier molecular flexibility index (Phi) is 3.44. The van der Waals surface area contributed by atoms with Gasteiger partial charge in [0.15, 0.2) is 5.13 Å². The van der Waals surface area contributed by atoms with Crippen LogP contribution in [0.25, 0.3) is 0 Å². The number of anilines is 1. The third kappa shape index (κ3) is 2.78. The largest absolute Gasteiger partial charge is 0.417 e. The Labute approximate surface area is 122 Å². The van der Waals surface area contributed by atoms with Gasteiger partial charge in [0, 0.05) is 4.88 Å². The molecule has 0 aliphatic heterocycles. The third-order valence-electron chi connectivity index (χ3n) is 3.29. The lowest BCUT2D eigenvalue weighted by atomic mass is 10.1. The Bertz CT molecular complexity index is 672. The highest BCUT2D eigenvalue weighted by Gasteiger charge is 2.35. The maximum atomic E-state index is 12.9. The molecule has 2 aromatic rings. The van der Waals surface area contributed by atoms with E-state index in [9.17, 15) is 18.0 Å². The number of fused-ring (bicyclic) bond motifs is 1. The fraction of sp³-hybridized carbons (Fsp3) is 0.286. The average molecular weight is 312 g/mol. The highest BCUT2D eigenvalue weighted by molar-refractivity contribution is 7.16. The zero-order valence-corrected chi connectivity index (χ0v) is 11.6. The lowest BCUT2D eigenvalue weighted by Crippen LogP contribution is -2.18. The van der Waals surface area contributed by atoms with Gasteiger partial charge in [-0.15, -0.1) is 11.3 Å². The molecule has 1 N–H and O–H groups in total. The molecule has 1 amide bonds. The molecule has 1 aliphatic carbocycles. The molecule has 21 heavy (non-hydrogen) atoms. The normalized spacial score (nSPS) is 14.0. The molecule has 0 atom stereocenters. The second-order valence-electron chi connectivity index (χ2n) is 4.74. The average Bonchev–Trinajstić information content (AvgIpc) is 2.98. The monoisotopic (exact) mass is 312 g/mol. The summed E-state index contributed by atoms with van der Waals surface area (Å²) in [6.07, 6.45) is -1.74. The first-order valence-electron chi connectivity index (χ1n) is 6.41. The molecule has 7 heteroatoms. The van der Waals surface area contributed by atoms with Crippen LogP contribution in [-0.2, 0) is 19.0 Å². The fourth-order valence-corrected chi connectivity index (χ4v) is 3.38. The number of nitrogens with zero attached hydrogens (tertiary/aromatic N) is 1. The Morgan fingerprint density at radius 1 is 1.24 bits per heavy atom. The Morgan fingerprint density at radius 3 is 2.71 bits per heavy atom. The Hall–Kier alpha value is -1.89. The number of alkyl halides is 3. The van der Waals surface area contributed by atoms with E-state index in [1.54, 1.807) is 0 Å². The minimum Gasteiger partial charge on any atom is -0.298 e. The summed E-state index contributed by atoms with van der Waals surface area (Å²) in [4.78, 5) is 17.4. The molecule has 0 unspecified atom stereocenters. The molecule has 110 valence electrons. The first kappa shape index (κ1) is 14.1. The van der Waals surface area contributed by atoms with Gasteiger partial charge in [0.1, 0.15) is 0 Å². The van der Waals surface area contributed by atoms with Gasteiger partial charge in [-0.2, -0.15) is 13.2 Å². The van der Waals surface area contributed by atoms with Crippen molar-refractivity contribution < 1.29 is 18.0 Å². The molecule has 0 radical (unpaired) electrons. The van der Waals surface area contributed by atoms with E-state index in [1.165, 1.54) is 29.5 Å². The second kappa shape index (κ2) is 5.14. The Balaban J connectivity index is 1.85. The first-order valence-corrected chi connectivity index (χ1v) is 7.23. The quantitative estimate of drug-likeness (QED) is 0.913. The van der Waals surface area contributed by atoms with Gasteiger partial charge in [-0.3, -0.25) is 10.1 Å². The standard InChI is InChI=1S/C14H11F3N2OS/c15-14(16,17)9-5-2-1-4-8(9)12(20)19-13-18-10-6-3-7-11(10)21-13/h1-2,4-5H,3,6-7H2,(H,18,19,20). The van der Waals surface area contributed by atoms with Crippen molar-refractivity contribution in [3.05, 3.63) is 46.0 Å². The van der Waals surface area contributed by atoms with Gasteiger partial charge in [-0.25, -0.2) is 4.98 Å². The number of hydrogen-bond acceptors (Lipinski definition) is 3. The summed E-state index contributed by atoms with van der Waals surface area (Å²) in [7, 11) is 0. The molecular weight excluding hydrogens is 301 g/mol. The number of nitrogens with one attached hydrogen (secondary N) is 1. The summed E-state index contributed by atoms with van der Waals surface area (Å²) in [5.74, 6) is -0.782. The van der Waals surface area contributed by atoms with Crippen molar-refractivity contribution in [1.29, 1.82) is 0 Å². The topological polar surface area (TPSA) is 42.0 Å². The molecule has 0 bridgehead atoms. The van der Waals surface area contributed by atoms with Crippen LogP contribution >= 0.6 is 11.3 Å². The number of halogens is 3. The molecule has 0 spiro atoms. The minimum atomic E-state index is -4.56. The van der Waals surface area contributed by atoms with Gasteiger partial charge in [0.25, 0.3) is 5.91 Å². The van der Waals surface area contributed by atoms with E-state index in [4.69, 9.17) is 0 Å². The fourth-order valence-electron chi connectivity index (χ4n) is 2.34. The van der Waals surface area contributed by atoms with Crippen molar-refractivity contribution >= 4 is 22.4 Å². The zero-order chi connectivity index (χ0) is 15.0. The number of rotatable bonds is 2. The number of aryl methyl sites for hydroxylation is 2. The first-order chi connectivity index (χ1) is 9.95. The summed E-state index contributed by atoms with van der Waals surface area (Å²) >= 11 is 1.33. The van der Waals surface area contributed by atoms with E-state index in [1.807, 2.05) is 0 Å². The van der Waals surface area contributed by atoms with Crippen molar-refractivity contribution in [2.75, 3.05) is 5.32 Å². The number of aromatic nitrogens is 1. The van der Waals surface area contributed by atoms with E-state index in [0.717, 1.165) is 35.9 Å². The number of amides is 1. The molecule has 1 aliphatic rings. The van der Waals surface area contributed by atoms with Gasteiger partial charge in [-0.1, -0.05) is 12.1 Å². The van der Waals surface area contributed by atoms with E-state index in [2.05, 4.69) is 10.3 Å². The number of thiazole rings is 1. The summed E-state index contributed by atoms with van der Waals surface area (Å²) in [5, 5.41) is 2.83. The number of hydrogen-bond donors (Lipinski definition) is 1. The summed E-state index contributed by atoms with van der Waals surface area (Å²) < 4.78 is 38.7. The van der Waals surface area contributed by atoms with E-state index in [-0.39, 0.29) is 5.56 Å². The Morgan fingerprint density at radius 2 is 2.00 bits per heavy atom. The van der Waals surface area contributed by atoms with Crippen LogP contribution in [0.5, 0.6) is 0 Å². The lowest BCUT2D eigenvalue weighted by molar-refractivity contribution is -0.137. The van der Waals surface area contributed by atoms with Crippen LogP contribution in [0, 0.1) is 0 Å². The van der Waals surface area contributed by atoms with Crippen molar-refractivity contribution in [1.82, 2.24) is 4.98 Å². The molecule has 1 heterocycles. The van der Waals surface area contributed by atoms with Crippen LogP contribution in [0.3, 0.4) is 0 Å². The maximum Gasteiger partial charge on any atom is 0.417 e. The molecule has 0 fully saturated rings. The van der Waals surface area contributed by atoms with Gasteiger partial charge >= 0.3 is 6.18 Å².